The molecule has 0 aliphatic rings. The van der Waals surface area contributed by atoms with Crippen LogP contribution in [0.2, 0.25) is 0 Å². The third kappa shape index (κ3) is 4.29. The number of nitrogens with zero attached hydrogens (tertiary/aromatic N) is 3. The van der Waals surface area contributed by atoms with E-state index in [1.165, 1.54) is 29.0 Å². The first kappa shape index (κ1) is 20.6. The zero-order valence-corrected chi connectivity index (χ0v) is 16.6. The molecule has 4 aromatic rings. The van der Waals surface area contributed by atoms with Crippen LogP contribution in [0.4, 0.5) is 18.9 Å². The van der Waals surface area contributed by atoms with Crippen LogP contribution in [0.3, 0.4) is 0 Å². The van der Waals surface area contributed by atoms with Crippen molar-refractivity contribution in [3.05, 3.63) is 85.3 Å². The van der Waals surface area contributed by atoms with Crippen LogP contribution in [-0.2, 0) is 10.0 Å². The Bertz CT molecular complexity index is 1290. The Labute approximate surface area is 176 Å². The molecule has 2 aromatic carbocycles. The molecule has 0 bridgehead atoms. The largest absolute Gasteiger partial charge is 0.516 e. The molecule has 2 heterocycles. The lowest BCUT2D eigenvalue weighted by Gasteiger charge is -2.11. The number of rotatable bonds is 5. The molecule has 0 radical (unpaired) electrons. The maximum absolute atomic E-state index is 12.6. The van der Waals surface area contributed by atoms with Gasteiger partial charge in [0.1, 0.15) is 5.69 Å². The average Bonchev–Trinajstić information content (AvgIpc) is 3.20. The fourth-order valence-electron chi connectivity index (χ4n) is 2.95. The molecule has 0 atom stereocenters. The average molecular weight is 444 g/mol. The molecule has 2 aromatic heterocycles. The highest BCUT2D eigenvalue weighted by molar-refractivity contribution is 7.93. The molecule has 10 heteroatoms. The zero-order valence-electron chi connectivity index (χ0n) is 15.8. The standard InChI is InChI=1S/C21H15F3N4O2S/c22-21(23,24)31(29,30)27-17-8-6-15(7-9-17)19-14-28(18-4-2-1-3-5-18)26-20(19)16-10-12-25-13-11-16/h1-14,27H. The second-order valence-corrected chi connectivity index (χ2v) is 8.21. The third-order valence-corrected chi connectivity index (χ3v) is 5.56. The summed E-state index contributed by atoms with van der Waals surface area (Å²) in [5.74, 6) is 0. The molecule has 0 saturated carbocycles. The van der Waals surface area contributed by atoms with Crippen LogP contribution in [-0.4, -0.2) is 28.7 Å². The summed E-state index contributed by atoms with van der Waals surface area (Å²) in [7, 11) is -5.48. The predicted molar refractivity (Wildman–Crippen MR) is 111 cm³/mol. The van der Waals surface area contributed by atoms with Crippen molar-refractivity contribution in [2.45, 2.75) is 5.51 Å². The van der Waals surface area contributed by atoms with E-state index in [2.05, 4.69) is 10.1 Å². The maximum atomic E-state index is 12.6. The molecule has 158 valence electrons. The van der Waals surface area contributed by atoms with Gasteiger partial charge in [0.2, 0.25) is 0 Å². The number of sulfonamides is 1. The van der Waals surface area contributed by atoms with Gasteiger partial charge in [-0.25, -0.2) is 4.68 Å². The van der Waals surface area contributed by atoms with Crippen LogP contribution < -0.4 is 4.72 Å². The molecule has 0 fully saturated rings. The van der Waals surface area contributed by atoms with Crippen molar-refractivity contribution in [1.29, 1.82) is 0 Å². The summed E-state index contributed by atoms with van der Waals surface area (Å²) in [5, 5.41) is 4.67. The first-order chi connectivity index (χ1) is 14.7. The number of aromatic nitrogens is 3. The number of hydrogen-bond donors (Lipinski definition) is 1. The van der Waals surface area contributed by atoms with Crippen molar-refractivity contribution >= 4 is 15.7 Å². The fourth-order valence-corrected chi connectivity index (χ4v) is 3.51. The van der Waals surface area contributed by atoms with Crippen molar-refractivity contribution in [3.63, 3.8) is 0 Å². The van der Waals surface area contributed by atoms with Gasteiger partial charge in [-0.2, -0.15) is 26.7 Å². The topological polar surface area (TPSA) is 76.9 Å². The van der Waals surface area contributed by atoms with E-state index >= 15 is 0 Å². The number of alkyl halides is 3. The van der Waals surface area contributed by atoms with E-state index in [0.29, 0.717) is 11.3 Å². The zero-order chi connectivity index (χ0) is 22.1. The summed E-state index contributed by atoms with van der Waals surface area (Å²) < 4.78 is 63.7. The number of para-hydroxylation sites is 1. The number of nitrogens with one attached hydrogen (secondary N) is 1. The maximum Gasteiger partial charge on any atom is 0.516 e. The van der Waals surface area contributed by atoms with E-state index in [9.17, 15) is 21.6 Å². The molecular formula is C21H15F3N4O2S. The van der Waals surface area contributed by atoms with Gasteiger partial charge < -0.3 is 0 Å². The summed E-state index contributed by atoms with van der Waals surface area (Å²) in [6.45, 7) is 0. The number of anilines is 1. The Morgan fingerprint density at radius 2 is 1.48 bits per heavy atom. The van der Waals surface area contributed by atoms with E-state index in [-0.39, 0.29) is 5.69 Å². The van der Waals surface area contributed by atoms with Gasteiger partial charge in [-0.3, -0.25) is 9.71 Å². The quantitative estimate of drug-likeness (QED) is 0.477. The van der Waals surface area contributed by atoms with Crippen LogP contribution in [0.15, 0.2) is 85.3 Å². The summed E-state index contributed by atoms with van der Waals surface area (Å²) in [6, 6.07) is 18.6. The van der Waals surface area contributed by atoms with Crippen LogP contribution in [0.25, 0.3) is 28.1 Å². The second kappa shape index (κ2) is 7.88. The van der Waals surface area contributed by atoms with Crippen LogP contribution in [0.5, 0.6) is 0 Å². The van der Waals surface area contributed by atoms with E-state index in [1.54, 1.807) is 35.4 Å². The predicted octanol–water partition coefficient (Wildman–Crippen LogP) is 4.86. The molecule has 0 unspecified atom stereocenters. The van der Waals surface area contributed by atoms with Gasteiger partial charge in [-0.05, 0) is 42.0 Å². The molecule has 6 nitrogen and oxygen atoms in total. The minimum absolute atomic E-state index is 0.193. The normalized spacial score (nSPS) is 12.0. The summed E-state index contributed by atoms with van der Waals surface area (Å²) >= 11 is 0. The Morgan fingerprint density at radius 1 is 0.839 bits per heavy atom. The van der Waals surface area contributed by atoms with Gasteiger partial charge in [-0.15, -0.1) is 0 Å². The van der Waals surface area contributed by atoms with Crippen LogP contribution in [0.1, 0.15) is 0 Å². The number of benzene rings is 2. The lowest BCUT2D eigenvalue weighted by Crippen LogP contribution is -2.29. The number of halogens is 3. The fraction of sp³-hybridized carbons (Fsp3) is 0.0476. The monoisotopic (exact) mass is 444 g/mol. The lowest BCUT2D eigenvalue weighted by atomic mass is 10.0. The summed E-state index contributed by atoms with van der Waals surface area (Å²) in [5.41, 5.74) is -1.92. The van der Waals surface area contributed by atoms with Gasteiger partial charge in [0.15, 0.2) is 0 Å². The highest BCUT2D eigenvalue weighted by atomic mass is 32.2. The number of hydrogen-bond acceptors (Lipinski definition) is 4. The minimum atomic E-state index is -5.48. The van der Waals surface area contributed by atoms with Crippen LogP contribution >= 0.6 is 0 Å². The van der Waals surface area contributed by atoms with Gasteiger partial charge >= 0.3 is 15.5 Å². The summed E-state index contributed by atoms with van der Waals surface area (Å²) in [6.07, 6.45) is 5.07. The van der Waals surface area contributed by atoms with Gasteiger partial charge in [0.05, 0.1) is 5.69 Å². The highest BCUT2D eigenvalue weighted by Crippen LogP contribution is 2.33. The summed E-state index contributed by atoms with van der Waals surface area (Å²) in [4.78, 5) is 4.01. The molecule has 1 N–H and O–H groups in total. The van der Waals surface area contributed by atoms with E-state index < -0.39 is 15.5 Å². The second-order valence-electron chi connectivity index (χ2n) is 6.54. The van der Waals surface area contributed by atoms with E-state index in [4.69, 9.17) is 0 Å². The molecular weight excluding hydrogens is 429 g/mol. The SMILES string of the molecule is O=S(=O)(Nc1ccc(-c2cn(-c3ccccc3)nc2-c2ccncc2)cc1)C(F)(F)F. The van der Waals surface area contributed by atoms with Crippen molar-refractivity contribution in [1.82, 2.24) is 14.8 Å². The van der Waals surface area contributed by atoms with Gasteiger partial charge in [0.25, 0.3) is 0 Å². The van der Waals surface area contributed by atoms with Crippen molar-refractivity contribution < 1.29 is 21.6 Å². The molecule has 31 heavy (non-hydrogen) atoms. The van der Waals surface area contributed by atoms with E-state index in [0.717, 1.165) is 16.8 Å². The van der Waals surface area contributed by atoms with Gasteiger partial charge in [0, 0.05) is 35.4 Å². The molecule has 4 rings (SSSR count). The Morgan fingerprint density at radius 3 is 2.10 bits per heavy atom. The van der Waals surface area contributed by atoms with Crippen molar-refractivity contribution in [2.75, 3.05) is 4.72 Å². The smallest absolute Gasteiger partial charge is 0.276 e. The molecule has 0 amide bonds. The van der Waals surface area contributed by atoms with Crippen molar-refractivity contribution in [3.8, 4) is 28.1 Å². The minimum Gasteiger partial charge on any atom is -0.276 e. The Kier molecular flexibility index (Phi) is 5.24. The first-order valence-corrected chi connectivity index (χ1v) is 10.5. The lowest BCUT2D eigenvalue weighted by molar-refractivity contribution is -0.0429. The van der Waals surface area contributed by atoms with E-state index in [1.807, 2.05) is 30.3 Å². The number of pyridine rings is 1. The van der Waals surface area contributed by atoms with Crippen LogP contribution in [0, 0.1) is 0 Å². The Balaban J connectivity index is 1.74. The Hall–Kier alpha value is -3.66. The molecule has 0 saturated heterocycles. The highest BCUT2D eigenvalue weighted by Gasteiger charge is 2.46. The molecule has 0 aliphatic heterocycles. The third-order valence-electron chi connectivity index (χ3n) is 4.44. The first-order valence-electron chi connectivity index (χ1n) is 9.00. The van der Waals surface area contributed by atoms with Gasteiger partial charge in [-0.1, -0.05) is 30.3 Å². The van der Waals surface area contributed by atoms with Crippen molar-refractivity contribution in [2.24, 2.45) is 0 Å². The molecule has 0 aliphatic carbocycles. The molecule has 0 spiro atoms.